The first kappa shape index (κ1) is 9.18. The molecule has 0 bridgehead atoms. The van der Waals surface area contributed by atoms with Gasteiger partial charge in [-0.3, -0.25) is 4.90 Å². The van der Waals surface area contributed by atoms with Gasteiger partial charge in [0.05, 0.1) is 6.20 Å². The van der Waals surface area contributed by atoms with Crippen LogP contribution in [0.5, 0.6) is 0 Å². The monoisotopic (exact) mass is 171 g/mol. The minimum Gasteiger partial charge on any atom is -0.262 e. The number of urea groups is 1. The second kappa shape index (κ2) is 3.22. The molecule has 0 aliphatic carbocycles. The molecule has 2 amide bonds. The standard InChI is InChI=1S/C7H15N4O/c1-3-10-5-6-11(4-2,9-8)7(10)12/h5-6,9H,3-4,8H2,1-2H3/q+1. The number of rotatable bonds is 3. The third-order valence-electron chi connectivity index (χ3n) is 2.16. The summed E-state index contributed by atoms with van der Waals surface area (Å²) in [4.78, 5) is 13.2. The van der Waals surface area contributed by atoms with E-state index in [0.717, 1.165) is 0 Å². The first-order chi connectivity index (χ1) is 5.70. The summed E-state index contributed by atoms with van der Waals surface area (Å²) in [5, 5.41) is 0. The van der Waals surface area contributed by atoms with Crippen LogP contribution in [0.2, 0.25) is 0 Å². The molecule has 1 aliphatic rings. The second-order valence-corrected chi connectivity index (χ2v) is 2.68. The number of amides is 2. The first-order valence-corrected chi connectivity index (χ1v) is 4.06. The maximum Gasteiger partial charge on any atom is 0.448 e. The molecule has 1 aliphatic heterocycles. The predicted molar refractivity (Wildman–Crippen MR) is 45.0 cm³/mol. The van der Waals surface area contributed by atoms with E-state index in [-0.39, 0.29) is 10.6 Å². The Balaban J connectivity index is 2.83. The molecule has 1 unspecified atom stereocenters. The molecule has 0 aromatic heterocycles. The fourth-order valence-corrected chi connectivity index (χ4v) is 1.22. The van der Waals surface area contributed by atoms with Crippen molar-refractivity contribution in [3.8, 4) is 0 Å². The van der Waals surface area contributed by atoms with E-state index < -0.39 is 0 Å². The Morgan fingerprint density at radius 1 is 1.67 bits per heavy atom. The lowest BCUT2D eigenvalue weighted by Crippen LogP contribution is -2.61. The molecular weight excluding hydrogens is 156 g/mol. The number of nitrogens with two attached hydrogens (primary N) is 1. The molecule has 0 radical (unpaired) electrons. The molecular formula is C7H15N4O+. The van der Waals surface area contributed by atoms with Crippen molar-refractivity contribution in [1.82, 2.24) is 10.4 Å². The lowest BCUT2D eigenvalue weighted by molar-refractivity contribution is -0.843. The van der Waals surface area contributed by atoms with E-state index in [0.29, 0.717) is 13.1 Å². The van der Waals surface area contributed by atoms with E-state index in [1.165, 1.54) is 0 Å². The average Bonchev–Trinajstić information content (AvgIpc) is 2.43. The summed E-state index contributed by atoms with van der Waals surface area (Å²) < 4.78 is 0.00778. The van der Waals surface area contributed by atoms with Crippen molar-refractivity contribution in [3.05, 3.63) is 12.4 Å². The molecule has 0 aromatic carbocycles. The van der Waals surface area contributed by atoms with Crippen LogP contribution >= 0.6 is 0 Å². The summed E-state index contributed by atoms with van der Waals surface area (Å²) in [6, 6.07) is -0.0255. The molecule has 0 saturated carbocycles. The van der Waals surface area contributed by atoms with Crippen LogP contribution in [0.4, 0.5) is 4.79 Å². The van der Waals surface area contributed by atoms with Crippen molar-refractivity contribution in [3.63, 3.8) is 0 Å². The van der Waals surface area contributed by atoms with Crippen molar-refractivity contribution in [2.24, 2.45) is 5.84 Å². The van der Waals surface area contributed by atoms with Crippen LogP contribution in [0.15, 0.2) is 12.4 Å². The number of carbonyl (C=O) groups excluding carboxylic acids is 1. The molecule has 1 atom stereocenters. The van der Waals surface area contributed by atoms with Crippen LogP contribution < -0.4 is 11.4 Å². The van der Waals surface area contributed by atoms with Gasteiger partial charge in [-0.05, 0) is 13.8 Å². The molecule has 0 fully saturated rings. The highest BCUT2D eigenvalue weighted by atomic mass is 16.2. The second-order valence-electron chi connectivity index (χ2n) is 2.68. The summed E-state index contributed by atoms with van der Waals surface area (Å²) in [5.74, 6) is 5.31. The number of hydrazine groups is 1. The zero-order chi connectivity index (χ0) is 9.19. The quantitative estimate of drug-likeness (QED) is 0.360. The van der Waals surface area contributed by atoms with Gasteiger partial charge in [0, 0.05) is 6.54 Å². The van der Waals surface area contributed by atoms with Crippen molar-refractivity contribution in [2.45, 2.75) is 13.8 Å². The van der Waals surface area contributed by atoms with E-state index in [4.69, 9.17) is 5.84 Å². The van der Waals surface area contributed by atoms with E-state index in [1.807, 2.05) is 13.8 Å². The molecule has 5 nitrogen and oxygen atoms in total. The molecule has 0 saturated heterocycles. The fourth-order valence-electron chi connectivity index (χ4n) is 1.22. The third-order valence-corrected chi connectivity index (χ3v) is 2.16. The van der Waals surface area contributed by atoms with Gasteiger partial charge < -0.3 is 0 Å². The zero-order valence-corrected chi connectivity index (χ0v) is 7.45. The summed E-state index contributed by atoms with van der Waals surface area (Å²) in [6.07, 6.45) is 3.51. The van der Waals surface area contributed by atoms with Crippen molar-refractivity contribution in [1.29, 1.82) is 0 Å². The highest BCUT2D eigenvalue weighted by Gasteiger charge is 2.41. The van der Waals surface area contributed by atoms with Gasteiger partial charge >= 0.3 is 6.03 Å². The van der Waals surface area contributed by atoms with Gasteiger partial charge in [-0.15, -0.1) is 4.59 Å². The van der Waals surface area contributed by atoms with Crippen LogP contribution in [0.25, 0.3) is 0 Å². The fraction of sp³-hybridized carbons (Fsp3) is 0.571. The van der Waals surface area contributed by atoms with Crippen LogP contribution in [0.3, 0.4) is 0 Å². The Labute approximate surface area is 72.0 Å². The lowest BCUT2D eigenvalue weighted by atomic mass is 10.6. The molecule has 12 heavy (non-hydrogen) atoms. The van der Waals surface area contributed by atoms with Crippen LogP contribution in [-0.4, -0.2) is 28.6 Å². The van der Waals surface area contributed by atoms with Crippen LogP contribution in [0.1, 0.15) is 13.8 Å². The molecule has 1 rings (SSSR count). The van der Waals surface area contributed by atoms with E-state index in [9.17, 15) is 4.79 Å². The molecule has 0 spiro atoms. The SMILES string of the molecule is CCN1C=C[N+](CC)(NN)C1=O. The normalized spacial score (nSPS) is 28.6. The van der Waals surface area contributed by atoms with Crippen molar-refractivity contribution >= 4 is 6.03 Å². The number of hydrogen-bond acceptors (Lipinski definition) is 3. The van der Waals surface area contributed by atoms with Gasteiger partial charge in [0.25, 0.3) is 0 Å². The average molecular weight is 171 g/mol. The zero-order valence-electron chi connectivity index (χ0n) is 7.45. The Kier molecular flexibility index (Phi) is 2.46. The van der Waals surface area contributed by atoms with E-state index >= 15 is 0 Å². The van der Waals surface area contributed by atoms with Gasteiger partial charge in [-0.2, -0.15) is 0 Å². The smallest absolute Gasteiger partial charge is 0.262 e. The maximum absolute atomic E-state index is 11.6. The summed E-state index contributed by atoms with van der Waals surface area (Å²) in [6.45, 7) is 5.12. The van der Waals surface area contributed by atoms with Gasteiger partial charge in [0.15, 0.2) is 0 Å². The summed E-state index contributed by atoms with van der Waals surface area (Å²) in [5.41, 5.74) is 2.50. The Morgan fingerprint density at radius 3 is 2.58 bits per heavy atom. The highest BCUT2D eigenvalue weighted by Crippen LogP contribution is 2.16. The number of hydrogen-bond donors (Lipinski definition) is 2. The van der Waals surface area contributed by atoms with Crippen LogP contribution in [-0.2, 0) is 0 Å². The Hall–Kier alpha value is -0.910. The molecule has 5 heteroatoms. The topological polar surface area (TPSA) is 58.4 Å². The van der Waals surface area contributed by atoms with Gasteiger partial charge in [0.1, 0.15) is 12.7 Å². The van der Waals surface area contributed by atoms with E-state index in [2.05, 4.69) is 5.53 Å². The van der Waals surface area contributed by atoms with E-state index in [1.54, 1.807) is 17.3 Å². The van der Waals surface area contributed by atoms with Gasteiger partial charge in [-0.25, -0.2) is 10.6 Å². The third kappa shape index (κ3) is 1.12. The number of nitrogens with one attached hydrogen (secondary N) is 1. The molecule has 0 aromatic rings. The molecule has 68 valence electrons. The van der Waals surface area contributed by atoms with Crippen LogP contribution in [0, 0.1) is 0 Å². The predicted octanol–water partition coefficient (Wildman–Crippen LogP) is 0.128. The highest BCUT2D eigenvalue weighted by molar-refractivity contribution is 5.70. The lowest BCUT2D eigenvalue weighted by Gasteiger charge is -2.25. The minimum atomic E-state index is -0.0255. The Morgan fingerprint density at radius 2 is 2.33 bits per heavy atom. The number of carbonyl (C=O) groups is 1. The number of nitrogens with zero attached hydrogens (tertiary/aromatic N) is 2. The van der Waals surface area contributed by atoms with Gasteiger partial charge in [-0.1, -0.05) is 5.53 Å². The van der Waals surface area contributed by atoms with Crippen molar-refractivity contribution < 1.29 is 9.39 Å². The maximum atomic E-state index is 11.6. The summed E-state index contributed by atoms with van der Waals surface area (Å²) >= 11 is 0. The molecule has 3 N–H and O–H groups in total. The first-order valence-electron chi connectivity index (χ1n) is 4.06. The summed E-state index contributed by atoms with van der Waals surface area (Å²) in [7, 11) is 0. The Bertz CT molecular complexity index is 209. The number of quaternary nitrogens is 1. The minimum absolute atomic E-state index is 0.00778. The van der Waals surface area contributed by atoms with Gasteiger partial charge in [0.2, 0.25) is 0 Å². The van der Waals surface area contributed by atoms with Crippen molar-refractivity contribution in [2.75, 3.05) is 13.1 Å². The largest absolute Gasteiger partial charge is 0.448 e. The molecule has 1 heterocycles.